The third kappa shape index (κ3) is 6.14. The van der Waals surface area contributed by atoms with Crippen molar-refractivity contribution >= 4 is 64.5 Å². The summed E-state index contributed by atoms with van der Waals surface area (Å²) in [6.07, 6.45) is 4.94. The Balaban J connectivity index is 1.62. The lowest BCUT2D eigenvalue weighted by atomic mass is 10.2. The van der Waals surface area contributed by atoms with Gasteiger partial charge in [0, 0.05) is 10.0 Å². The van der Waals surface area contributed by atoms with E-state index in [-0.39, 0.29) is 5.91 Å². The summed E-state index contributed by atoms with van der Waals surface area (Å²) in [5.74, 6) is 0.437. The molecule has 9 heteroatoms. The molecule has 0 spiro atoms. The lowest BCUT2D eigenvalue weighted by Gasteiger charge is -2.06. The van der Waals surface area contributed by atoms with Crippen molar-refractivity contribution in [3.8, 4) is 5.75 Å². The van der Waals surface area contributed by atoms with Crippen LogP contribution in [0.15, 0.2) is 93.0 Å². The molecule has 1 aliphatic heterocycles. The van der Waals surface area contributed by atoms with Crippen molar-refractivity contribution in [1.82, 2.24) is 5.01 Å². The molecule has 0 radical (unpaired) electrons. The van der Waals surface area contributed by atoms with E-state index in [9.17, 15) is 4.79 Å². The topological polar surface area (TPSA) is 66.6 Å². The van der Waals surface area contributed by atoms with Crippen molar-refractivity contribution in [1.29, 1.82) is 0 Å². The molecule has 34 heavy (non-hydrogen) atoms. The highest BCUT2D eigenvalue weighted by molar-refractivity contribution is 8.18. The first-order valence-corrected chi connectivity index (χ1v) is 11.6. The molecule has 1 amide bonds. The lowest BCUT2D eigenvalue weighted by Crippen LogP contribution is -2.23. The van der Waals surface area contributed by atoms with E-state index in [2.05, 4.69) is 15.3 Å². The van der Waals surface area contributed by atoms with Gasteiger partial charge in [-0.2, -0.15) is 15.2 Å². The Kier molecular flexibility index (Phi) is 7.80. The summed E-state index contributed by atoms with van der Waals surface area (Å²) in [6.45, 7) is 0. The van der Waals surface area contributed by atoms with Crippen LogP contribution in [0.2, 0.25) is 10.0 Å². The number of nitrogens with zero attached hydrogens (tertiary/aromatic N) is 4. The van der Waals surface area contributed by atoms with Crippen LogP contribution in [-0.4, -0.2) is 35.6 Å². The molecule has 0 aromatic heterocycles. The number of carbonyl (C=O) groups is 1. The van der Waals surface area contributed by atoms with E-state index in [1.165, 1.54) is 16.8 Å². The lowest BCUT2D eigenvalue weighted by molar-refractivity contribution is -0.122. The molecule has 3 aromatic rings. The summed E-state index contributed by atoms with van der Waals surface area (Å²) in [6, 6.07) is 21.7. The van der Waals surface area contributed by atoms with Crippen LogP contribution in [0.1, 0.15) is 16.7 Å². The molecule has 6 nitrogen and oxygen atoms in total. The number of benzene rings is 3. The fourth-order valence-corrected chi connectivity index (χ4v) is 3.97. The molecule has 1 heterocycles. The van der Waals surface area contributed by atoms with Crippen LogP contribution in [0.4, 0.5) is 0 Å². The van der Waals surface area contributed by atoms with Crippen molar-refractivity contribution < 1.29 is 9.53 Å². The summed E-state index contributed by atoms with van der Waals surface area (Å²) < 4.78 is 5.19. The first kappa shape index (κ1) is 23.8. The van der Waals surface area contributed by atoms with E-state index in [0.717, 1.165) is 22.4 Å². The second kappa shape index (κ2) is 11.2. The highest BCUT2D eigenvalue weighted by atomic mass is 35.5. The summed E-state index contributed by atoms with van der Waals surface area (Å²) >= 11 is 13.1. The molecule has 4 rings (SSSR count). The van der Waals surface area contributed by atoms with Gasteiger partial charge >= 0.3 is 0 Å². The minimum Gasteiger partial charge on any atom is -0.497 e. The van der Waals surface area contributed by atoms with Gasteiger partial charge in [0.15, 0.2) is 0 Å². The molecule has 1 fully saturated rings. The number of halogens is 2. The maximum absolute atomic E-state index is 13.1. The van der Waals surface area contributed by atoms with E-state index in [4.69, 9.17) is 27.9 Å². The maximum Gasteiger partial charge on any atom is 0.287 e. The van der Waals surface area contributed by atoms with Gasteiger partial charge in [-0.3, -0.25) is 4.79 Å². The average molecular weight is 509 g/mol. The predicted octanol–water partition coefficient (Wildman–Crippen LogP) is 6.34. The number of amidine groups is 1. The molecule has 0 saturated carbocycles. The third-order valence-electron chi connectivity index (χ3n) is 4.61. The number of carbonyl (C=O) groups excluding carboxylic acids is 1. The number of ether oxygens (including phenoxy) is 1. The number of rotatable bonds is 6. The van der Waals surface area contributed by atoms with Gasteiger partial charge in [0.05, 0.1) is 24.4 Å². The Morgan fingerprint density at radius 1 is 0.824 bits per heavy atom. The van der Waals surface area contributed by atoms with E-state index in [0.29, 0.717) is 20.1 Å². The first-order chi connectivity index (χ1) is 16.5. The van der Waals surface area contributed by atoms with Crippen LogP contribution in [-0.2, 0) is 4.79 Å². The smallest absolute Gasteiger partial charge is 0.287 e. The number of thioether (sulfide) groups is 1. The molecular formula is C25H18Cl2N4O2S. The summed E-state index contributed by atoms with van der Waals surface area (Å²) in [5, 5.41) is 15.6. The summed E-state index contributed by atoms with van der Waals surface area (Å²) in [4.78, 5) is 13.6. The Hall–Kier alpha value is -3.39. The van der Waals surface area contributed by atoms with Gasteiger partial charge in [0.1, 0.15) is 5.75 Å². The zero-order chi connectivity index (χ0) is 23.9. The SMILES string of the molecule is COc1ccc(/C=C2/S/C(=N\N=C/c3ccc(Cl)cc3)N(/N=C\c3ccc(Cl)cc3)C2=O)cc1. The molecule has 1 saturated heterocycles. The van der Waals surface area contributed by atoms with Crippen molar-refractivity contribution in [2.75, 3.05) is 7.11 Å². The average Bonchev–Trinajstić information content (AvgIpc) is 3.14. The highest BCUT2D eigenvalue weighted by Gasteiger charge is 2.33. The highest BCUT2D eigenvalue weighted by Crippen LogP contribution is 2.33. The molecule has 0 aliphatic carbocycles. The van der Waals surface area contributed by atoms with E-state index >= 15 is 0 Å². The van der Waals surface area contributed by atoms with Crippen molar-refractivity contribution in [2.45, 2.75) is 0 Å². The number of amides is 1. The molecule has 0 atom stereocenters. The monoisotopic (exact) mass is 508 g/mol. The first-order valence-electron chi connectivity index (χ1n) is 10.1. The standard InChI is InChI=1S/C25H18Cl2N4O2S/c1-33-22-12-6-17(7-13-22)14-23-24(32)31(29-16-19-4-10-21(27)11-5-19)25(34-23)30-28-15-18-2-8-20(26)9-3-18/h2-16H,1H3/b23-14+,28-15-,29-16-,30-25-. The molecule has 170 valence electrons. The van der Waals surface area contributed by atoms with Crippen LogP contribution < -0.4 is 4.74 Å². The second-order valence-corrected chi connectivity index (χ2v) is 8.86. The van der Waals surface area contributed by atoms with E-state index in [1.807, 2.05) is 48.5 Å². The van der Waals surface area contributed by atoms with Crippen molar-refractivity contribution in [3.63, 3.8) is 0 Å². The number of hydrogen-bond donors (Lipinski definition) is 0. The molecule has 3 aromatic carbocycles. The maximum atomic E-state index is 13.1. The predicted molar refractivity (Wildman–Crippen MR) is 141 cm³/mol. The molecule has 0 unspecified atom stereocenters. The van der Waals surface area contributed by atoms with Crippen molar-refractivity contribution in [2.24, 2.45) is 15.3 Å². The third-order valence-corrected chi connectivity index (χ3v) is 6.07. The summed E-state index contributed by atoms with van der Waals surface area (Å²) in [5.41, 5.74) is 2.47. The fraction of sp³-hybridized carbons (Fsp3) is 0.0400. The van der Waals surface area contributed by atoms with Gasteiger partial charge < -0.3 is 4.74 Å². The van der Waals surface area contributed by atoms with Gasteiger partial charge in [-0.05, 0) is 70.9 Å². The Bertz CT molecular complexity index is 1290. The van der Waals surface area contributed by atoms with Crippen LogP contribution in [0.3, 0.4) is 0 Å². The number of hydrogen-bond acceptors (Lipinski definition) is 6. The van der Waals surface area contributed by atoms with Crippen LogP contribution in [0.5, 0.6) is 5.75 Å². The number of hydrazone groups is 1. The van der Waals surface area contributed by atoms with Crippen molar-refractivity contribution in [3.05, 3.63) is 104 Å². The number of methoxy groups -OCH3 is 1. The molecule has 0 N–H and O–H groups in total. The largest absolute Gasteiger partial charge is 0.497 e. The van der Waals surface area contributed by atoms with Gasteiger partial charge in [-0.15, -0.1) is 5.10 Å². The zero-order valence-electron chi connectivity index (χ0n) is 17.9. The minimum atomic E-state index is -0.300. The van der Waals surface area contributed by atoms with Crippen LogP contribution in [0.25, 0.3) is 6.08 Å². The van der Waals surface area contributed by atoms with E-state index < -0.39 is 0 Å². The Morgan fingerprint density at radius 3 is 1.97 bits per heavy atom. The van der Waals surface area contributed by atoms with Gasteiger partial charge in [-0.25, -0.2) is 0 Å². The summed E-state index contributed by atoms with van der Waals surface area (Å²) in [7, 11) is 1.60. The van der Waals surface area contributed by atoms with Gasteiger partial charge in [0.2, 0.25) is 5.17 Å². The molecular weight excluding hydrogens is 491 g/mol. The van der Waals surface area contributed by atoms with E-state index in [1.54, 1.807) is 49.9 Å². The van der Waals surface area contributed by atoms with Crippen LogP contribution in [0, 0.1) is 0 Å². The van der Waals surface area contributed by atoms with Gasteiger partial charge in [0.25, 0.3) is 5.91 Å². The Labute approximate surface area is 211 Å². The molecule has 1 aliphatic rings. The van der Waals surface area contributed by atoms with Crippen LogP contribution >= 0.6 is 35.0 Å². The minimum absolute atomic E-state index is 0.300. The Morgan fingerprint density at radius 2 is 1.38 bits per heavy atom. The van der Waals surface area contributed by atoms with Gasteiger partial charge in [-0.1, -0.05) is 59.6 Å². The zero-order valence-corrected chi connectivity index (χ0v) is 20.3. The second-order valence-electron chi connectivity index (χ2n) is 6.98. The quantitative estimate of drug-likeness (QED) is 0.221. The molecule has 0 bridgehead atoms. The normalized spacial score (nSPS) is 16.4. The fourth-order valence-electron chi connectivity index (χ4n) is 2.85.